The van der Waals surface area contributed by atoms with Crippen molar-refractivity contribution in [2.75, 3.05) is 81.8 Å². The Kier molecular flexibility index (Phi) is 9.62. The van der Waals surface area contributed by atoms with E-state index < -0.39 is 6.10 Å². The van der Waals surface area contributed by atoms with Crippen LogP contribution in [0.1, 0.15) is 0 Å². The van der Waals surface area contributed by atoms with Crippen LogP contribution in [0, 0.1) is 0 Å². The molecule has 2 aromatic rings. The van der Waals surface area contributed by atoms with Gasteiger partial charge in [0.15, 0.2) is 23.0 Å². The molecule has 0 saturated carbocycles. The van der Waals surface area contributed by atoms with Crippen molar-refractivity contribution in [1.82, 2.24) is 0 Å². The van der Waals surface area contributed by atoms with Crippen molar-refractivity contribution >= 4 is 0 Å². The van der Waals surface area contributed by atoms with Gasteiger partial charge in [0, 0.05) is 0 Å². The first-order chi connectivity index (χ1) is 15.0. The number of ether oxygens (including phenoxy) is 4. The van der Waals surface area contributed by atoms with Crippen molar-refractivity contribution in [3.8, 4) is 23.0 Å². The van der Waals surface area contributed by atoms with Crippen molar-refractivity contribution < 1.29 is 33.0 Å². The minimum Gasteiger partial charge on any atom is -0.487 e. The maximum absolute atomic E-state index is 10.4. The number of quaternary nitrogens is 2. The van der Waals surface area contributed by atoms with Gasteiger partial charge in [-0.3, -0.25) is 0 Å². The highest BCUT2D eigenvalue weighted by Gasteiger charge is 2.14. The van der Waals surface area contributed by atoms with E-state index in [-0.39, 0.29) is 13.2 Å². The number of hydrogen-bond donors (Lipinski definition) is 1. The molecular formula is C25H40N2O5+2. The predicted octanol–water partition coefficient (Wildman–Crippen LogP) is 2.68. The van der Waals surface area contributed by atoms with Crippen LogP contribution in [-0.4, -0.2) is 102 Å². The first-order valence-corrected chi connectivity index (χ1v) is 11.0. The SMILES string of the molecule is C[N+](C)(C)CCOc1ccccc1OCC(O)COc1ccccc1OCC[N+](C)(C)C. The summed E-state index contributed by atoms with van der Waals surface area (Å²) in [7, 11) is 12.7. The highest BCUT2D eigenvalue weighted by molar-refractivity contribution is 5.40. The summed E-state index contributed by atoms with van der Waals surface area (Å²) in [5.41, 5.74) is 0. The minimum atomic E-state index is -0.798. The lowest BCUT2D eigenvalue weighted by Crippen LogP contribution is -2.38. The first-order valence-electron chi connectivity index (χ1n) is 11.0. The van der Waals surface area contributed by atoms with Crippen molar-refractivity contribution in [3.63, 3.8) is 0 Å². The number of rotatable bonds is 14. The second kappa shape index (κ2) is 11.9. The van der Waals surface area contributed by atoms with Crippen LogP contribution in [0.25, 0.3) is 0 Å². The minimum absolute atomic E-state index is 0.0975. The van der Waals surface area contributed by atoms with Gasteiger partial charge >= 0.3 is 0 Å². The summed E-state index contributed by atoms with van der Waals surface area (Å²) in [5.74, 6) is 2.56. The molecule has 0 unspecified atom stereocenters. The maximum atomic E-state index is 10.4. The summed E-state index contributed by atoms with van der Waals surface area (Å²) < 4.78 is 25.0. The average Bonchev–Trinajstić information content (AvgIpc) is 2.70. The molecular weight excluding hydrogens is 408 g/mol. The first kappa shape index (κ1) is 25.8. The molecule has 0 atom stereocenters. The predicted molar refractivity (Wildman–Crippen MR) is 127 cm³/mol. The number of aliphatic hydroxyl groups excluding tert-OH is 1. The molecule has 0 radical (unpaired) electrons. The largest absolute Gasteiger partial charge is 0.487 e. The van der Waals surface area contributed by atoms with E-state index in [4.69, 9.17) is 18.9 Å². The van der Waals surface area contributed by atoms with E-state index in [0.717, 1.165) is 22.1 Å². The smallest absolute Gasteiger partial charge is 0.161 e. The van der Waals surface area contributed by atoms with Crippen LogP contribution >= 0.6 is 0 Å². The zero-order valence-electron chi connectivity index (χ0n) is 20.4. The highest BCUT2D eigenvalue weighted by atomic mass is 16.5. The van der Waals surface area contributed by atoms with E-state index >= 15 is 0 Å². The molecule has 7 nitrogen and oxygen atoms in total. The van der Waals surface area contributed by atoms with E-state index in [1.54, 1.807) is 0 Å². The van der Waals surface area contributed by atoms with Gasteiger partial charge < -0.3 is 33.0 Å². The summed E-state index contributed by atoms with van der Waals surface area (Å²) in [6, 6.07) is 15.0. The maximum Gasteiger partial charge on any atom is 0.161 e. The number of likely N-dealkylation sites (N-methyl/N-ethyl adjacent to an activating group) is 2. The van der Waals surface area contributed by atoms with Gasteiger partial charge in [0.05, 0.1) is 42.3 Å². The second-order valence-electron chi connectivity index (χ2n) is 9.89. The van der Waals surface area contributed by atoms with Crippen molar-refractivity contribution in [2.45, 2.75) is 6.10 Å². The molecule has 0 amide bonds. The van der Waals surface area contributed by atoms with Gasteiger partial charge in [-0.2, -0.15) is 0 Å². The standard InChI is InChI=1S/C25H40N2O5/c1-26(2,3)15-17-29-22-11-7-9-13-24(22)31-19-21(28)20-32-25-14-10-8-12-23(25)30-18-16-27(4,5)6/h7-14,21,28H,15-20H2,1-6H3/q+2. The van der Waals surface area contributed by atoms with Gasteiger partial charge in [0.2, 0.25) is 0 Å². The molecule has 7 heteroatoms. The number of para-hydroxylation sites is 4. The Balaban J connectivity index is 1.83. The number of benzene rings is 2. The van der Waals surface area contributed by atoms with Crippen LogP contribution in [0.5, 0.6) is 23.0 Å². The van der Waals surface area contributed by atoms with Crippen molar-refractivity contribution in [3.05, 3.63) is 48.5 Å². The molecule has 0 spiro atoms. The van der Waals surface area contributed by atoms with Crippen LogP contribution < -0.4 is 18.9 Å². The van der Waals surface area contributed by atoms with E-state index in [1.807, 2.05) is 48.5 Å². The monoisotopic (exact) mass is 448 g/mol. The van der Waals surface area contributed by atoms with Crippen LogP contribution in [0.3, 0.4) is 0 Å². The van der Waals surface area contributed by atoms with Crippen molar-refractivity contribution in [1.29, 1.82) is 0 Å². The molecule has 0 fully saturated rings. The third-order valence-electron chi connectivity index (χ3n) is 4.60. The fourth-order valence-electron chi connectivity index (χ4n) is 2.66. The number of nitrogens with zero attached hydrogens (tertiary/aromatic N) is 2. The van der Waals surface area contributed by atoms with E-state index in [9.17, 15) is 5.11 Å². The summed E-state index contributed by atoms with van der Waals surface area (Å²) in [6.45, 7) is 3.11. The molecule has 0 aliphatic rings. The van der Waals surface area contributed by atoms with Crippen LogP contribution in [0.2, 0.25) is 0 Å². The zero-order valence-corrected chi connectivity index (χ0v) is 20.4. The van der Waals surface area contributed by atoms with Gasteiger partial charge in [0.25, 0.3) is 0 Å². The number of aliphatic hydroxyl groups is 1. The van der Waals surface area contributed by atoms with E-state index in [2.05, 4.69) is 42.3 Å². The fourth-order valence-corrected chi connectivity index (χ4v) is 2.66. The molecule has 178 valence electrons. The summed E-state index contributed by atoms with van der Waals surface area (Å²) in [6.07, 6.45) is -0.798. The Hall–Kier alpha value is -2.48. The van der Waals surface area contributed by atoms with Gasteiger partial charge in [-0.25, -0.2) is 0 Å². The topological polar surface area (TPSA) is 57.2 Å². The molecule has 0 bridgehead atoms. The Morgan fingerprint density at radius 2 is 0.906 bits per heavy atom. The van der Waals surface area contributed by atoms with Gasteiger partial charge in [-0.15, -0.1) is 0 Å². The third kappa shape index (κ3) is 10.2. The molecule has 2 aromatic carbocycles. The quantitative estimate of drug-likeness (QED) is 0.451. The average molecular weight is 449 g/mol. The lowest BCUT2D eigenvalue weighted by molar-refractivity contribution is -0.870. The fraction of sp³-hybridized carbons (Fsp3) is 0.520. The number of hydrogen-bond acceptors (Lipinski definition) is 5. The third-order valence-corrected chi connectivity index (χ3v) is 4.60. The Morgan fingerprint density at radius 1 is 0.594 bits per heavy atom. The highest BCUT2D eigenvalue weighted by Crippen LogP contribution is 2.28. The van der Waals surface area contributed by atoms with Crippen LogP contribution in [0.15, 0.2) is 48.5 Å². The van der Waals surface area contributed by atoms with Crippen LogP contribution in [-0.2, 0) is 0 Å². The lowest BCUT2D eigenvalue weighted by Gasteiger charge is -2.24. The summed E-state index contributed by atoms with van der Waals surface area (Å²) in [4.78, 5) is 0. The molecule has 0 saturated heterocycles. The van der Waals surface area contributed by atoms with Crippen molar-refractivity contribution in [2.24, 2.45) is 0 Å². The summed E-state index contributed by atoms with van der Waals surface area (Å²) >= 11 is 0. The zero-order chi connectivity index (χ0) is 23.6. The molecule has 0 aliphatic heterocycles. The second-order valence-corrected chi connectivity index (χ2v) is 9.89. The van der Waals surface area contributed by atoms with E-state index in [0.29, 0.717) is 36.2 Å². The molecule has 2 rings (SSSR count). The van der Waals surface area contributed by atoms with E-state index in [1.165, 1.54) is 0 Å². The molecule has 1 N–H and O–H groups in total. The summed E-state index contributed by atoms with van der Waals surface area (Å²) in [5, 5.41) is 10.4. The molecule has 32 heavy (non-hydrogen) atoms. The molecule has 0 aliphatic carbocycles. The normalized spacial score (nSPS) is 12.0. The van der Waals surface area contributed by atoms with Gasteiger partial charge in [0.1, 0.15) is 45.6 Å². The Labute approximate surface area is 192 Å². The van der Waals surface area contributed by atoms with Crippen LogP contribution in [0.4, 0.5) is 0 Å². The molecule has 0 heterocycles. The van der Waals surface area contributed by atoms with Gasteiger partial charge in [-0.05, 0) is 24.3 Å². The lowest BCUT2D eigenvalue weighted by atomic mass is 10.3. The van der Waals surface area contributed by atoms with Gasteiger partial charge in [-0.1, -0.05) is 24.3 Å². The molecule has 0 aromatic heterocycles. The Morgan fingerprint density at radius 3 is 1.22 bits per heavy atom. The Bertz CT molecular complexity index is 747.